The largest absolute Gasteiger partial charge is 0.477 e. The number of hydrogen-bond donors (Lipinski definition) is 2. The van der Waals surface area contributed by atoms with E-state index in [-0.39, 0.29) is 11.5 Å². The highest BCUT2D eigenvalue weighted by atomic mass is 32.1. The third kappa shape index (κ3) is 1.72. The van der Waals surface area contributed by atoms with Crippen molar-refractivity contribution in [2.24, 2.45) is 7.05 Å². The Hall–Kier alpha value is -1.66. The van der Waals surface area contributed by atoms with Gasteiger partial charge in [-0.2, -0.15) is 5.10 Å². The number of aromatic nitrogens is 2. The Morgan fingerprint density at radius 2 is 2.31 bits per heavy atom. The molecule has 0 saturated heterocycles. The molecule has 0 aliphatic carbocycles. The maximum absolute atomic E-state index is 10.8. The zero-order chi connectivity index (χ0) is 11.7. The third-order valence-corrected chi connectivity index (χ3v) is 3.32. The number of nitrogens with zero attached hydrogens (tertiary/aromatic N) is 2. The summed E-state index contributed by atoms with van der Waals surface area (Å²) in [5, 5.41) is 22.0. The lowest BCUT2D eigenvalue weighted by atomic mass is 10.2. The van der Waals surface area contributed by atoms with Gasteiger partial charge in [-0.25, -0.2) is 4.79 Å². The second-order valence-electron chi connectivity index (χ2n) is 3.27. The molecule has 2 aromatic heterocycles. The molecule has 84 valence electrons. The first-order valence-electron chi connectivity index (χ1n) is 4.58. The number of aromatic carboxylic acids is 1. The van der Waals surface area contributed by atoms with Crippen LogP contribution in [0, 0.1) is 0 Å². The maximum Gasteiger partial charge on any atom is 0.345 e. The fraction of sp³-hybridized carbons (Fsp3) is 0.200. The second kappa shape index (κ2) is 4.07. The number of hydrogen-bond acceptors (Lipinski definition) is 4. The number of carboxylic acid groups (broad SMARTS) is 1. The monoisotopic (exact) mass is 238 g/mol. The van der Waals surface area contributed by atoms with Crippen molar-refractivity contribution in [2.45, 2.75) is 6.61 Å². The first kappa shape index (κ1) is 10.8. The summed E-state index contributed by atoms with van der Waals surface area (Å²) in [5.74, 6) is -0.941. The Kier molecular flexibility index (Phi) is 2.76. The minimum atomic E-state index is -0.941. The van der Waals surface area contributed by atoms with Crippen LogP contribution >= 0.6 is 11.3 Å². The zero-order valence-electron chi connectivity index (χ0n) is 8.54. The summed E-state index contributed by atoms with van der Waals surface area (Å²) in [6.45, 7) is -0.108. The quantitative estimate of drug-likeness (QED) is 0.846. The van der Waals surface area contributed by atoms with E-state index >= 15 is 0 Å². The third-order valence-electron chi connectivity index (χ3n) is 2.24. The van der Waals surface area contributed by atoms with E-state index in [4.69, 9.17) is 10.2 Å². The molecule has 0 aromatic carbocycles. The fourth-order valence-electron chi connectivity index (χ4n) is 1.50. The van der Waals surface area contributed by atoms with E-state index < -0.39 is 5.97 Å². The number of carbonyl (C=O) groups is 1. The normalized spacial score (nSPS) is 10.6. The molecule has 5 nitrogen and oxygen atoms in total. The molecular formula is C10H10N2O3S. The highest BCUT2D eigenvalue weighted by molar-refractivity contribution is 7.17. The molecule has 0 radical (unpaired) electrons. The van der Waals surface area contributed by atoms with Gasteiger partial charge in [0.05, 0.1) is 23.4 Å². The van der Waals surface area contributed by atoms with Crippen LogP contribution in [0.25, 0.3) is 10.6 Å². The van der Waals surface area contributed by atoms with Crippen molar-refractivity contribution in [3.63, 3.8) is 0 Å². The zero-order valence-corrected chi connectivity index (χ0v) is 9.36. The van der Waals surface area contributed by atoms with Crippen LogP contribution in [0.2, 0.25) is 0 Å². The Labute approximate surface area is 95.6 Å². The molecule has 0 spiro atoms. The SMILES string of the molecule is Cn1ncc(CO)c1-c1ccc(C(=O)O)s1. The molecule has 0 bridgehead atoms. The van der Waals surface area contributed by atoms with E-state index in [2.05, 4.69) is 5.10 Å². The number of aliphatic hydroxyl groups is 1. The van der Waals surface area contributed by atoms with Crippen LogP contribution in [0.4, 0.5) is 0 Å². The maximum atomic E-state index is 10.8. The van der Waals surface area contributed by atoms with Crippen LogP contribution in [0.1, 0.15) is 15.2 Å². The molecule has 16 heavy (non-hydrogen) atoms. The number of aliphatic hydroxyl groups excluding tert-OH is 1. The molecule has 0 fully saturated rings. The van der Waals surface area contributed by atoms with Gasteiger partial charge < -0.3 is 10.2 Å². The first-order chi connectivity index (χ1) is 7.63. The van der Waals surface area contributed by atoms with Crippen LogP contribution in [0.15, 0.2) is 18.3 Å². The van der Waals surface area contributed by atoms with Crippen molar-refractivity contribution < 1.29 is 15.0 Å². The number of thiophene rings is 1. The predicted octanol–water partition coefficient (Wildman–Crippen LogP) is 1.34. The Morgan fingerprint density at radius 3 is 2.88 bits per heavy atom. The van der Waals surface area contributed by atoms with Crippen LogP contribution in [0.5, 0.6) is 0 Å². The highest BCUT2D eigenvalue weighted by Gasteiger charge is 2.14. The van der Waals surface area contributed by atoms with E-state index in [0.29, 0.717) is 5.56 Å². The number of aryl methyl sites for hydroxylation is 1. The van der Waals surface area contributed by atoms with Crippen molar-refractivity contribution in [2.75, 3.05) is 0 Å². The molecule has 2 N–H and O–H groups in total. The standard InChI is InChI=1S/C10H10N2O3S/c1-12-9(6(5-13)4-11-12)7-2-3-8(16-7)10(14)15/h2-4,13H,5H2,1H3,(H,14,15). The second-order valence-corrected chi connectivity index (χ2v) is 4.35. The minimum Gasteiger partial charge on any atom is -0.477 e. The lowest BCUT2D eigenvalue weighted by Crippen LogP contribution is -1.94. The van der Waals surface area contributed by atoms with Gasteiger partial charge >= 0.3 is 5.97 Å². The Morgan fingerprint density at radius 1 is 1.56 bits per heavy atom. The van der Waals surface area contributed by atoms with Gasteiger partial charge in [-0.15, -0.1) is 11.3 Å². The topological polar surface area (TPSA) is 75.3 Å². The average molecular weight is 238 g/mol. The van der Waals surface area contributed by atoms with Crippen LogP contribution in [-0.4, -0.2) is 26.0 Å². The molecule has 2 heterocycles. The number of carboxylic acids is 1. The van der Waals surface area contributed by atoms with Gasteiger partial charge in [-0.3, -0.25) is 4.68 Å². The summed E-state index contributed by atoms with van der Waals surface area (Å²) in [4.78, 5) is 11.8. The summed E-state index contributed by atoms with van der Waals surface area (Å²) >= 11 is 1.17. The van der Waals surface area contributed by atoms with Gasteiger partial charge in [0.1, 0.15) is 4.88 Å². The average Bonchev–Trinajstić information content (AvgIpc) is 2.83. The van der Waals surface area contributed by atoms with E-state index in [0.717, 1.165) is 10.6 Å². The number of rotatable bonds is 3. The molecule has 0 aliphatic rings. The predicted molar refractivity (Wildman–Crippen MR) is 59.4 cm³/mol. The van der Waals surface area contributed by atoms with Crippen LogP contribution < -0.4 is 0 Å². The molecule has 2 aromatic rings. The fourth-order valence-corrected chi connectivity index (χ4v) is 2.45. The molecule has 0 aliphatic heterocycles. The molecule has 0 unspecified atom stereocenters. The van der Waals surface area contributed by atoms with E-state index in [1.165, 1.54) is 11.3 Å². The minimum absolute atomic E-state index is 0.108. The van der Waals surface area contributed by atoms with Crippen molar-refractivity contribution in [3.8, 4) is 10.6 Å². The van der Waals surface area contributed by atoms with Gasteiger partial charge in [-0.1, -0.05) is 0 Å². The van der Waals surface area contributed by atoms with E-state index in [1.807, 2.05) is 0 Å². The van der Waals surface area contributed by atoms with Crippen LogP contribution in [0.3, 0.4) is 0 Å². The molecule has 6 heteroatoms. The van der Waals surface area contributed by atoms with Gasteiger partial charge in [0, 0.05) is 12.6 Å². The van der Waals surface area contributed by atoms with Crippen molar-refractivity contribution in [3.05, 3.63) is 28.8 Å². The summed E-state index contributed by atoms with van der Waals surface area (Å²) in [6, 6.07) is 3.28. The van der Waals surface area contributed by atoms with E-state index in [9.17, 15) is 4.79 Å². The summed E-state index contributed by atoms with van der Waals surface area (Å²) in [6.07, 6.45) is 1.58. The molecule has 0 atom stereocenters. The lowest BCUT2D eigenvalue weighted by Gasteiger charge is -2.00. The van der Waals surface area contributed by atoms with Gasteiger partial charge in [0.15, 0.2) is 0 Å². The van der Waals surface area contributed by atoms with Crippen molar-refractivity contribution in [1.82, 2.24) is 9.78 Å². The molecule has 2 rings (SSSR count). The summed E-state index contributed by atoms with van der Waals surface area (Å²) in [7, 11) is 1.76. The Bertz CT molecular complexity index is 530. The van der Waals surface area contributed by atoms with Crippen LogP contribution in [-0.2, 0) is 13.7 Å². The molecular weight excluding hydrogens is 228 g/mol. The van der Waals surface area contributed by atoms with Crippen molar-refractivity contribution >= 4 is 17.3 Å². The Balaban J connectivity index is 2.49. The summed E-state index contributed by atoms with van der Waals surface area (Å²) in [5.41, 5.74) is 1.46. The first-order valence-corrected chi connectivity index (χ1v) is 5.40. The smallest absolute Gasteiger partial charge is 0.345 e. The van der Waals surface area contributed by atoms with Gasteiger partial charge in [-0.05, 0) is 12.1 Å². The van der Waals surface area contributed by atoms with E-state index in [1.54, 1.807) is 30.1 Å². The summed E-state index contributed by atoms with van der Waals surface area (Å²) < 4.78 is 1.63. The molecule has 0 amide bonds. The van der Waals surface area contributed by atoms with Gasteiger partial charge in [0.2, 0.25) is 0 Å². The molecule has 0 saturated carbocycles. The lowest BCUT2D eigenvalue weighted by molar-refractivity contribution is 0.0702. The van der Waals surface area contributed by atoms with Crippen molar-refractivity contribution in [1.29, 1.82) is 0 Å². The van der Waals surface area contributed by atoms with Gasteiger partial charge in [0.25, 0.3) is 0 Å². The highest BCUT2D eigenvalue weighted by Crippen LogP contribution is 2.30.